The number of benzene rings is 1. The van der Waals surface area contributed by atoms with E-state index in [4.69, 9.17) is 10.8 Å². The van der Waals surface area contributed by atoms with Crippen molar-refractivity contribution in [2.24, 2.45) is 11.7 Å². The molecule has 1 aromatic carbocycles. The van der Waals surface area contributed by atoms with Gasteiger partial charge in [0.25, 0.3) is 0 Å². The smallest absolute Gasteiger partial charge is 0.337 e. The molecule has 0 saturated heterocycles. The predicted octanol–water partition coefficient (Wildman–Crippen LogP) is 2.07. The minimum atomic E-state index is -1.11. The number of halogens is 1. The van der Waals surface area contributed by atoms with Gasteiger partial charge in [-0.25, -0.2) is 4.79 Å². The van der Waals surface area contributed by atoms with Crippen LogP contribution in [0.3, 0.4) is 0 Å². The van der Waals surface area contributed by atoms with E-state index in [2.05, 4.69) is 21.2 Å². The summed E-state index contributed by atoms with van der Waals surface area (Å²) in [5.74, 6) is -1.54. The van der Waals surface area contributed by atoms with E-state index in [0.717, 1.165) is 0 Å². The summed E-state index contributed by atoms with van der Waals surface area (Å²) >= 11 is 3.21. The summed E-state index contributed by atoms with van der Waals surface area (Å²) in [5.41, 5.74) is 5.96. The number of aromatic carboxylic acids is 1. The van der Waals surface area contributed by atoms with Crippen molar-refractivity contribution >= 4 is 33.5 Å². The van der Waals surface area contributed by atoms with Crippen LogP contribution in [0.4, 0.5) is 5.69 Å². The van der Waals surface area contributed by atoms with Crippen molar-refractivity contribution in [3.8, 4) is 0 Å². The van der Waals surface area contributed by atoms with E-state index >= 15 is 0 Å². The van der Waals surface area contributed by atoms with Crippen molar-refractivity contribution in [3.63, 3.8) is 0 Å². The first-order chi connectivity index (χ1) is 8.34. The van der Waals surface area contributed by atoms with Gasteiger partial charge in [0.15, 0.2) is 0 Å². The van der Waals surface area contributed by atoms with Gasteiger partial charge < -0.3 is 16.2 Å². The molecule has 0 spiro atoms. The van der Waals surface area contributed by atoms with E-state index in [1.807, 2.05) is 13.8 Å². The fraction of sp³-hybridized carbons (Fsp3) is 0.333. The molecule has 0 radical (unpaired) electrons. The van der Waals surface area contributed by atoms with Crippen LogP contribution in [0.1, 0.15) is 24.2 Å². The van der Waals surface area contributed by atoms with Gasteiger partial charge in [-0.1, -0.05) is 19.9 Å². The number of nitrogens with two attached hydrogens (primary N) is 1. The molecule has 0 aliphatic rings. The molecule has 0 saturated carbocycles. The lowest BCUT2D eigenvalue weighted by Gasteiger charge is -2.17. The summed E-state index contributed by atoms with van der Waals surface area (Å²) in [5, 5.41) is 11.6. The number of carbonyl (C=O) groups is 2. The molecule has 0 bridgehead atoms. The number of carbonyl (C=O) groups excluding carboxylic acids is 1. The average molecular weight is 315 g/mol. The standard InChI is InChI=1S/C12H15BrN2O3/c1-6(2)9(14)11(16)15-10-7(12(17)18)4-3-5-8(10)13/h3-6,9H,14H2,1-2H3,(H,15,16)(H,17,18)/t9-/m0/s1. The number of carboxylic acids is 1. The maximum Gasteiger partial charge on any atom is 0.337 e. The maximum absolute atomic E-state index is 11.8. The Morgan fingerprint density at radius 3 is 2.50 bits per heavy atom. The molecule has 0 aromatic heterocycles. The number of hydrogen-bond donors (Lipinski definition) is 3. The molecule has 1 aromatic rings. The van der Waals surface area contributed by atoms with Crippen molar-refractivity contribution in [1.29, 1.82) is 0 Å². The molecule has 0 fully saturated rings. The number of hydrogen-bond acceptors (Lipinski definition) is 3. The van der Waals surface area contributed by atoms with Gasteiger partial charge in [0.1, 0.15) is 0 Å². The molecular formula is C12H15BrN2O3. The summed E-state index contributed by atoms with van der Waals surface area (Å²) in [6, 6.07) is 3.98. The number of nitrogens with one attached hydrogen (secondary N) is 1. The second kappa shape index (κ2) is 5.97. The molecule has 0 unspecified atom stereocenters. The molecule has 6 heteroatoms. The van der Waals surface area contributed by atoms with Crippen LogP contribution in [0.2, 0.25) is 0 Å². The fourth-order valence-corrected chi connectivity index (χ4v) is 1.80. The Morgan fingerprint density at radius 1 is 1.39 bits per heavy atom. The van der Waals surface area contributed by atoms with Crippen LogP contribution in [0, 0.1) is 5.92 Å². The van der Waals surface area contributed by atoms with Gasteiger partial charge in [0.05, 0.1) is 17.3 Å². The number of amides is 1. The Kier molecular flexibility index (Phi) is 4.86. The van der Waals surface area contributed by atoms with Crippen molar-refractivity contribution in [1.82, 2.24) is 0 Å². The molecule has 0 heterocycles. The highest BCUT2D eigenvalue weighted by atomic mass is 79.9. The summed E-state index contributed by atoms with van der Waals surface area (Å²) < 4.78 is 0.506. The molecule has 4 N–H and O–H groups in total. The number of anilines is 1. The molecule has 0 aliphatic carbocycles. The Hall–Kier alpha value is -1.40. The van der Waals surface area contributed by atoms with Crippen molar-refractivity contribution < 1.29 is 14.7 Å². The van der Waals surface area contributed by atoms with E-state index < -0.39 is 17.9 Å². The first kappa shape index (κ1) is 14.7. The second-order valence-electron chi connectivity index (χ2n) is 4.23. The van der Waals surface area contributed by atoms with Gasteiger partial charge in [0, 0.05) is 4.47 Å². The zero-order valence-electron chi connectivity index (χ0n) is 10.1. The van der Waals surface area contributed by atoms with Crippen LogP contribution < -0.4 is 11.1 Å². The normalized spacial score (nSPS) is 12.3. The van der Waals surface area contributed by atoms with E-state index in [0.29, 0.717) is 4.47 Å². The lowest BCUT2D eigenvalue weighted by molar-refractivity contribution is -0.118. The van der Waals surface area contributed by atoms with Crippen LogP contribution in [-0.4, -0.2) is 23.0 Å². The third-order valence-corrected chi connectivity index (χ3v) is 3.17. The van der Waals surface area contributed by atoms with Crippen LogP contribution in [0.15, 0.2) is 22.7 Å². The van der Waals surface area contributed by atoms with Crippen LogP contribution in [-0.2, 0) is 4.79 Å². The Morgan fingerprint density at radius 2 is 2.00 bits per heavy atom. The van der Waals surface area contributed by atoms with E-state index in [-0.39, 0.29) is 17.2 Å². The first-order valence-electron chi connectivity index (χ1n) is 5.42. The van der Waals surface area contributed by atoms with Crippen LogP contribution >= 0.6 is 15.9 Å². The molecule has 0 aliphatic heterocycles. The molecule has 1 rings (SSSR count). The van der Waals surface area contributed by atoms with Gasteiger partial charge in [0.2, 0.25) is 5.91 Å². The van der Waals surface area contributed by atoms with E-state index in [1.54, 1.807) is 12.1 Å². The highest BCUT2D eigenvalue weighted by Gasteiger charge is 2.21. The van der Waals surface area contributed by atoms with Crippen molar-refractivity contribution in [2.75, 3.05) is 5.32 Å². The second-order valence-corrected chi connectivity index (χ2v) is 5.08. The highest BCUT2D eigenvalue weighted by molar-refractivity contribution is 9.10. The molecule has 1 atom stereocenters. The van der Waals surface area contributed by atoms with Crippen molar-refractivity contribution in [3.05, 3.63) is 28.2 Å². The quantitative estimate of drug-likeness (QED) is 0.793. The highest BCUT2D eigenvalue weighted by Crippen LogP contribution is 2.26. The lowest BCUT2D eigenvalue weighted by Crippen LogP contribution is -2.40. The van der Waals surface area contributed by atoms with Gasteiger partial charge in [-0.05, 0) is 34.0 Å². The third kappa shape index (κ3) is 3.30. The monoisotopic (exact) mass is 314 g/mol. The molecular weight excluding hydrogens is 300 g/mol. The third-order valence-electron chi connectivity index (χ3n) is 2.51. The van der Waals surface area contributed by atoms with Gasteiger partial charge in [-0.15, -0.1) is 0 Å². The predicted molar refractivity (Wildman–Crippen MR) is 72.5 cm³/mol. The number of para-hydroxylation sites is 1. The van der Waals surface area contributed by atoms with Gasteiger partial charge in [-0.3, -0.25) is 4.79 Å². The number of rotatable bonds is 4. The Bertz CT molecular complexity index is 474. The van der Waals surface area contributed by atoms with Gasteiger partial charge in [-0.2, -0.15) is 0 Å². The summed E-state index contributed by atoms with van der Waals surface area (Å²) in [6.07, 6.45) is 0. The molecule has 5 nitrogen and oxygen atoms in total. The minimum Gasteiger partial charge on any atom is -0.478 e. The number of carboxylic acid groups (broad SMARTS) is 1. The lowest BCUT2D eigenvalue weighted by atomic mass is 10.0. The fourth-order valence-electron chi connectivity index (χ4n) is 1.34. The summed E-state index contributed by atoms with van der Waals surface area (Å²) in [4.78, 5) is 22.9. The summed E-state index contributed by atoms with van der Waals surface area (Å²) in [7, 11) is 0. The zero-order valence-corrected chi connectivity index (χ0v) is 11.7. The topological polar surface area (TPSA) is 92.4 Å². The van der Waals surface area contributed by atoms with Gasteiger partial charge >= 0.3 is 5.97 Å². The zero-order chi connectivity index (χ0) is 13.9. The molecule has 98 valence electrons. The summed E-state index contributed by atoms with van der Waals surface area (Å²) in [6.45, 7) is 3.64. The Labute approximate surface area is 113 Å². The molecule has 18 heavy (non-hydrogen) atoms. The SMILES string of the molecule is CC(C)[C@H](N)C(=O)Nc1c(Br)cccc1C(=O)O. The Balaban J connectivity index is 3.04. The first-order valence-corrected chi connectivity index (χ1v) is 6.22. The average Bonchev–Trinajstić information content (AvgIpc) is 2.30. The van der Waals surface area contributed by atoms with Crippen LogP contribution in [0.5, 0.6) is 0 Å². The minimum absolute atomic E-state index is 0.0219. The largest absolute Gasteiger partial charge is 0.478 e. The maximum atomic E-state index is 11.8. The van der Waals surface area contributed by atoms with E-state index in [9.17, 15) is 9.59 Å². The van der Waals surface area contributed by atoms with Crippen LogP contribution in [0.25, 0.3) is 0 Å². The molecule has 1 amide bonds. The van der Waals surface area contributed by atoms with E-state index in [1.165, 1.54) is 6.07 Å². The van der Waals surface area contributed by atoms with Crippen molar-refractivity contribution in [2.45, 2.75) is 19.9 Å².